The molecule has 8 rings (SSSR count). The lowest BCUT2D eigenvalue weighted by molar-refractivity contribution is 1.37. The first-order valence-electron chi connectivity index (χ1n) is 12.1. The Morgan fingerprint density at radius 1 is 0.400 bits per heavy atom. The van der Waals surface area contributed by atoms with Crippen LogP contribution < -0.4 is 0 Å². The fourth-order valence-corrected chi connectivity index (χ4v) is 6.01. The molecule has 1 nitrogen and oxygen atoms in total. The third kappa shape index (κ3) is 2.53. The van der Waals surface area contributed by atoms with Crippen molar-refractivity contribution < 1.29 is 0 Å². The van der Waals surface area contributed by atoms with E-state index in [-0.39, 0.29) is 0 Å². The summed E-state index contributed by atoms with van der Waals surface area (Å²) in [5.74, 6) is 0. The number of hydrogen-bond acceptors (Lipinski definition) is 0. The molecule has 0 fully saturated rings. The molecule has 2 aromatic heterocycles. The van der Waals surface area contributed by atoms with Gasteiger partial charge in [0.2, 0.25) is 0 Å². The predicted octanol–water partition coefficient (Wildman–Crippen LogP) is 9.32. The second kappa shape index (κ2) is 6.94. The molecule has 8 aromatic rings. The van der Waals surface area contributed by atoms with E-state index in [9.17, 15) is 0 Å². The number of nitrogens with zero attached hydrogens (tertiary/aromatic N) is 1. The van der Waals surface area contributed by atoms with E-state index >= 15 is 0 Å². The standard InChI is InChI=1S/C34H21N/c1-2-9-22(10-3-1)23-17-19-24(20-18-23)32-26-12-5-4-11-25(26)21-31-33(32)29-15-8-14-28-27-13-6-7-16-30(27)35(31)34(28)29/h1-21H. The average molecular weight is 444 g/mol. The topological polar surface area (TPSA) is 4.41 Å². The van der Waals surface area contributed by atoms with Crippen molar-refractivity contribution in [1.29, 1.82) is 0 Å². The summed E-state index contributed by atoms with van der Waals surface area (Å²) < 4.78 is 2.48. The minimum Gasteiger partial charge on any atom is -0.308 e. The summed E-state index contributed by atoms with van der Waals surface area (Å²) in [4.78, 5) is 0. The Morgan fingerprint density at radius 3 is 1.89 bits per heavy atom. The fourth-order valence-electron chi connectivity index (χ4n) is 6.01. The first-order chi connectivity index (χ1) is 17.4. The van der Waals surface area contributed by atoms with Crippen LogP contribution in [0.1, 0.15) is 0 Å². The van der Waals surface area contributed by atoms with Crippen molar-refractivity contribution in [1.82, 2.24) is 4.40 Å². The number of hydrogen-bond donors (Lipinski definition) is 0. The highest BCUT2D eigenvalue weighted by atomic mass is 14.9. The lowest BCUT2D eigenvalue weighted by Crippen LogP contribution is -1.87. The lowest BCUT2D eigenvalue weighted by atomic mass is 9.92. The predicted molar refractivity (Wildman–Crippen MR) is 149 cm³/mol. The molecule has 2 heterocycles. The van der Waals surface area contributed by atoms with Gasteiger partial charge in [0, 0.05) is 21.5 Å². The van der Waals surface area contributed by atoms with Crippen LogP contribution in [-0.2, 0) is 0 Å². The van der Waals surface area contributed by atoms with Gasteiger partial charge in [0.15, 0.2) is 0 Å². The number of aromatic nitrogens is 1. The summed E-state index contributed by atoms with van der Waals surface area (Å²) >= 11 is 0. The van der Waals surface area contributed by atoms with Crippen molar-refractivity contribution in [3.05, 3.63) is 127 Å². The SMILES string of the molecule is c1ccc(-c2ccc(-c3c4ccccc4cc4c3c3cccc5c6ccccc6n4c53)cc2)cc1. The van der Waals surface area contributed by atoms with Crippen molar-refractivity contribution in [2.24, 2.45) is 0 Å². The smallest absolute Gasteiger partial charge is 0.0620 e. The highest BCUT2D eigenvalue weighted by molar-refractivity contribution is 6.29. The molecule has 0 unspecified atom stereocenters. The van der Waals surface area contributed by atoms with Crippen LogP contribution in [0.15, 0.2) is 127 Å². The maximum atomic E-state index is 2.48. The minimum atomic E-state index is 1.24. The van der Waals surface area contributed by atoms with E-state index in [1.807, 2.05) is 0 Å². The molecule has 0 bridgehead atoms. The Balaban J connectivity index is 1.53. The number of rotatable bonds is 2. The largest absolute Gasteiger partial charge is 0.308 e. The van der Waals surface area contributed by atoms with E-state index in [0.29, 0.717) is 0 Å². The zero-order valence-corrected chi connectivity index (χ0v) is 19.1. The molecule has 0 aliphatic rings. The van der Waals surface area contributed by atoms with Gasteiger partial charge >= 0.3 is 0 Å². The third-order valence-electron chi connectivity index (χ3n) is 7.51. The minimum absolute atomic E-state index is 1.24. The van der Waals surface area contributed by atoms with Gasteiger partial charge in [0.1, 0.15) is 0 Å². The molecule has 0 spiro atoms. The van der Waals surface area contributed by atoms with Crippen molar-refractivity contribution >= 4 is 48.9 Å². The normalized spacial score (nSPS) is 12.0. The highest BCUT2D eigenvalue weighted by Gasteiger charge is 2.21. The van der Waals surface area contributed by atoms with Crippen molar-refractivity contribution in [3.8, 4) is 22.3 Å². The van der Waals surface area contributed by atoms with Gasteiger partial charge in [0.05, 0.1) is 16.6 Å². The molecular formula is C34H21N. The van der Waals surface area contributed by atoms with Gasteiger partial charge < -0.3 is 4.40 Å². The van der Waals surface area contributed by atoms with E-state index < -0.39 is 0 Å². The van der Waals surface area contributed by atoms with Crippen LogP contribution in [0.3, 0.4) is 0 Å². The van der Waals surface area contributed by atoms with Crippen LogP contribution in [0.5, 0.6) is 0 Å². The van der Waals surface area contributed by atoms with E-state index in [1.54, 1.807) is 0 Å². The molecule has 162 valence electrons. The second-order valence-corrected chi connectivity index (χ2v) is 9.36. The van der Waals surface area contributed by atoms with E-state index in [0.717, 1.165) is 0 Å². The van der Waals surface area contributed by atoms with Crippen molar-refractivity contribution in [2.45, 2.75) is 0 Å². The summed E-state index contributed by atoms with van der Waals surface area (Å²) in [5, 5.41) is 7.86. The van der Waals surface area contributed by atoms with E-state index in [2.05, 4.69) is 132 Å². The average Bonchev–Trinajstić information content (AvgIpc) is 3.44. The third-order valence-corrected chi connectivity index (χ3v) is 7.51. The first kappa shape index (κ1) is 18.8. The Kier molecular flexibility index (Phi) is 3.72. The summed E-state index contributed by atoms with van der Waals surface area (Å²) in [6, 6.07) is 46.4. The van der Waals surface area contributed by atoms with Crippen LogP contribution in [0.4, 0.5) is 0 Å². The Bertz CT molecular complexity index is 2030. The zero-order chi connectivity index (χ0) is 22.9. The summed E-state index contributed by atoms with van der Waals surface area (Å²) in [6.45, 7) is 0. The quantitative estimate of drug-likeness (QED) is 0.251. The molecule has 0 amide bonds. The maximum Gasteiger partial charge on any atom is 0.0620 e. The molecule has 0 atom stereocenters. The van der Waals surface area contributed by atoms with Crippen LogP contribution in [0, 0.1) is 0 Å². The molecule has 0 saturated carbocycles. The van der Waals surface area contributed by atoms with Gasteiger partial charge in [-0.1, -0.05) is 115 Å². The van der Waals surface area contributed by atoms with Crippen LogP contribution in [0.25, 0.3) is 71.1 Å². The van der Waals surface area contributed by atoms with Crippen LogP contribution in [-0.4, -0.2) is 4.40 Å². The number of fused-ring (bicyclic) bond motifs is 7. The van der Waals surface area contributed by atoms with Gasteiger partial charge in [-0.3, -0.25) is 0 Å². The molecule has 6 aromatic carbocycles. The molecule has 0 N–H and O–H groups in total. The molecular weight excluding hydrogens is 422 g/mol. The number of para-hydroxylation sites is 2. The highest BCUT2D eigenvalue weighted by Crippen LogP contribution is 2.45. The molecule has 35 heavy (non-hydrogen) atoms. The summed E-state index contributed by atoms with van der Waals surface area (Å²) in [7, 11) is 0. The summed E-state index contributed by atoms with van der Waals surface area (Å²) in [5.41, 5.74) is 8.93. The molecule has 0 radical (unpaired) electrons. The van der Waals surface area contributed by atoms with Gasteiger partial charge in [-0.25, -0.2) is 0 Å². The van der Waals surface area contributed by atoms with Gasteiger partial charge in [-0.05, 0) is 45.2 Å². The fraction of sp³-hybridized carbons (Fsp3) is 0. The zero-order valence-electron chi connectivity index (χ0n) is 19.1. The Hall–Kier alpha value is -4.62. The molecule has 0 aliphatic carbocycles. The molecule has 0 aliphatic heterocycles. The first-order valence-corrected chi connectivity index (χ1v) is 12.1. The lowest BCUT2D eigenvalue weighted by Gasteiger charge is -2.12. The van der Waals surface area contributed by atoms with E-state index in [4.69, 9.17) is 0 Å². The van der Waals surface area contributed by atoms with Crippen molar-refractivity contribution in [3.63, 3.8) is 0 Å². The molecule has 0 saturated heterocycles. The van der Waals surface area contributed by atoms with Gasteiger partial charge in [-0.2, -0.15) is 0 Å². The number of benzene rings is 6. The Morgan fingerprint density at radius 2 is 1.03 bits per heavy atom. The summed E-state index contributed by atoms with van der Waals surface area (Å²) in [6.07, 6.45) is 0. The molecule has 1 heteroatoms. The van der Waals surface area contributed by atoms with Crippen LogP contribution in [0.2, 0.25) is 0 Å². The second-order valence-electron chi connectivity index (χ2n) is 9.36. The monoisotopic (exact) mass is 443 g/mol. The van der Waals surface area contributed by atoms with E-state index in [1.165, 1.54) is 71.1 Å². The van der Waals surface area contributed by atoms with Gasteiger partial charge in [-0.15, -0.1) is 0 Å². The van der Waals surface area contributed by atoms with Gasteiger partial charge in [0.25, 0.3) is 0 Å². The maximum absolute atomic E-state index is 2.48. The Labute approximate surface area is 202 Å². The van der Waals surface area contributed by atoms with Crippen molar-refractivity contribution in [2.75, 3.05) is 0 Å². The van der Waals surface area contributed by atoms with Crippen LogP contribution >= 0.6 is 0 Å².